The van der Waals surface area contributed by atoms with Crippen molar-refractivity contribution in [2.75, 3.05) is 30.5 Å². The van der Waals surface area contributed by atoms with Crippen LogP contribution in [0, 0.1) is 6.92 Å². The van der Waals surface area contributed by atoms with Gasteiger partial charge in [-0.15, -0.1) is 0 Å². The van der Waals surface area contributed by atoms with Crippen molar-refractivity contribution in [1.29, 1.82) is 0 Å². The fraction of sp³-hybridized carbons (Fsp3) is 0.200. The molecule has 10 nitrogen and oxygen atoms in total. The van der Waals surface area contributed by atoms with E-state index >= 15 is 0 Å². The number of carbonyl (C=O) groups excluding carboxylic acids is 4. The minimum Gasteiger partial charge on any atom is -0.493 e. The van der Waals surface area contributed by atoms with Crippen LogP contribution < -0.4 is 29.7 Å². The predicted octanol–water partition coefficient (Wildman–Crippen LogP) is 5.24. The molecule has 11 heteroatoms. The van der Waals surface area contributed by atoms with Gasteiger partial charge >= 0.3 is 6.03 Å². The minimum absolute atomic E-state index is 0.209. The fourth-order valence-corrected chi connectivity index (χ4v) is 4.40. The number of imide groups is 2. The number of carbonyl (C=O) groups is 4. The van der Waals surface area contributed by atoms with E-state index in [1.807, 2.05) is 26.0 Å². The molecule has 1 saturated heterocycles. The van der Waals surface area contributed by atoms with Crippen LogP contribution in [0.1, 0.15) is 24.5 Å². The number of benzene rings is 3. The lowest BCUT2D eigenvalue weighted by Crippen LogP contribution is -2.54. The van der Waals surface area contributed by atoms with Crippen molar-refractivity contribution in [2.24, 2.45) is 0 Å². The maximum Gasteiger partial charge on any atom is 0.335 e. The van der Waals surface area contributed by atoms with Gasteiger partial charge < -0.3 is 19.5 Å². The highest BCUT2D eigenvalue weighted by Gasteiger charge is 2.37. The molecule has 0 aromatic heterocycles. The highest BCUT2D eigenvalue weighted by molar-refractivity contribution is 9.10. The van der Waals surface area contributed by atoms with Crippen LogP contribution in [-0.2, 0) is 14.4 Å². The van der Waals surface area contributed by atoms with E-state index in [-0.39, 0.29) is 23.8 Å². The molecule has 4 rings (SSSR count). The van der Waals surface area contributed by atoms with Gasteiger partial charge in [-0.1, -0.05) is 30.7 Å². The number of nitrogens with one attached hydrogen (secondary N) is 2. The van der Waals surface area contributed by atoms with Crippen molar-refractivity contribution in [3.05, 3.63) is 81.8 Å². The van der Waals surface area contributed by atoms with Crippen LogP contribution in [0.15, 0.2) is 70.7 Å². The van der Waals surface area contributed by atoms with E-state index < -0.39 is 17.8 Å². The average Bonchev–Trinajstić information content (AvgIpc) is 2.95. The Hall–Kier alpha value is -4.64. The Morgan fingerprint density at radius 3 is 2.39 bits per heavy atom. The summed E-state index contributed by atoms with van der Waals surface area (Å²) in [6.07, 6.45) is 2.16. The minimum atomic E-state index is -0.879. The second-order valence-corrected chi connectivity index (χ2v) is 9.89. The summed E-state index contributed by atoms with van der Waals surface area (Å²) in [6.45, 7) is 4.17. The smallest absolute Gasteiger partial charge is 0.335 e. The van der Waals surface area contributed by atoms with Crippen LogP contribution in [0.25, 0.3) is 6.08 Å². The van der Waals surface area contributed by atoms with Crippen LogP contribution in [0.3, 0.4) is 0 Å². The van der Waals surface area contributed by atoms with E-state index in [4.69, 9.17) is 14.2 Å². The largest absolute Gasteiger partial charge is 0.493 e. The number of nitrogens with zero attached hydrogens (tertiary/aromatic N) is 1. The monoisotopic (exact) mass is 621 g/mol. The summed E-state index contributed by atoms with van der Waals surface area (Å²) in [7, 11) is 1.45. The average molecular weight is 622 g/mol. The van der Waals surface area contributed by atoms with Gasteiger partial charge in [-0.3, -0.25) is 19.7 Å². The molecule has 1 heterocycles. The number of amides is 5. The van der Waals surface area contributed by atoms with E-state index in [2.05, 4.69) is 26.6 Å². The van der Waals surface area contributed by atoms with Gasteiger partial charge in [-0.2, -0.15) is 0 Å². The van der Waals surface area contributed by atoms with E-state index in [0.717, 1.165) is 16.9 Å². The van der Waals surface area contributed by atoms with Gasteiger partial charge in [0.25, 0.3) is 17.7 Å². The zero-order valence-electron chi connectivity index (χ0n) is 22.7. The molecule has 1 aliphatic rings. The quantitative estimate of drug-likeness (QED) is 0.234. The number of methoxy groups -OCH3 is 1. The number of halogens is 1. The van der Waals surface area contributed by atoms with Gasteiger partial charge in [-0.25, -0.2) is 9.69 Å². The molecule has 0 radical (unpaired) electrons. The molecule has 0 bridgehead atoms. The van der Waals surface area contributed by atoms with Crippen molar-refractivity contribution in [1.82, 2.24) is 5.32 Å². The Morgan fingerprint density at radius 2 is 1.71 bits per heavy atom. The Kier molecular flexibility index (Phi) is 9.41. The molecule has 3 aromatic carbocycles. The van der Waals surface area contributed by atoms with Crippen LogP contribution >= 0.6 is 15.9 Å². The summed E-state index contributed by atoms with van der Waals surface area (Å²) in [5.74, 6) is -0.758. The third-order valence-electron chi connectivity index (χ3n) is 5.93. The SMILES string of the molecule is CCCOc1ccc(N2C(=O)NC(=O)/C(=C\c3ccc(OCC(=O)Nc4ccc(C)cc4)c(Br)c3)C2=O)cc1OC. The van der Waals surface area contributed by atoms with Gasteiger partial charge in [0.1, 0.15) is 11.3 Å². The summed E-state index contributed by atoms with van der Waals surface area (Å²) >= 11 is 3.40. The van der Waals surface area contributed by atoms with Crippen LogP contribution in [-0.4, -0.2) is 44.1 Å². The first kappa shape index (κ1) is 29.3. The molecule has 0 saturated carbocycles. The lowest BCUT2D eigenvalue weighted by atomic mass is 10.1. The third kappa shape index (κ3) is 7.12. The molecule has 0 atom stereocenters. The summed E-state index contributed by atoms with van der Waals surface area (Å²) in [6, 6.07) is 16.0. The Balaban J connectivity index is 1.49. The van der Waals surface area contributed by atoms with Gasteiger partial charge in [0.05, 0.1) is 23.9 Å². The first-order valence-corrected chi connectivity index (χ1v) is 13.5. The summed E-state index contributed by atoms with van der Waals surface area (Å²) in [4.78, 5) is 51.7. The topological polar surface area (TPSA) is 123 Å². The van der Waals surface area contributed by atoms with E-state index in [1.165, 1.54) is 25.3 Å². The predicted molar refractivity (Wildman–Crippen MR) is 157 cm³/mol. The molecule has 212 valence electrons. The van der Waals surface area contributed by atoms with E-state index in [1.54, 1.807) is 36.4 Å². The Bertz CT molecular complexity index is 1520. The van der Waals surface area contributed by atoms with Crippen molar-refractivity contribution < 1.29 is 33.4 Å². The molecule has 5 amide bonds. The molecule has 0 unspecified atom stereocenters. The van der Waals surface area contributed by atoms with Gasteiger partial charge in [-0.05, 0) is 77.3 Å². The molecule has 0 spiro atoms. The van der Waals surface area contributed by atoms with Gasteiger partial charge in [0, 0.05) is 11.8 Å². The number of hydrogen-bond acceptors (Lipinski definition) is 7. The maximum absolute atomic E-state index is 13.3. The fourth-order valence-electron chi connectivity index (χ4n) is 3.89. The van der Waals surface area contributed by atoms with Crippen LogP contribution in [0.2, 0.25) is 0 Å². The number of ether oxygens (including phenoxy) is 3. The lowest BCUT2D eigenvalue weighted by Gasteiger charge is -2.27. The molecule has 2 N–H and O–H groups in total. The van der Waals surface area contributed by atoms with E-state index in [0.29, 0.717) is 39.6 Å². The zero-order valence-corrected chi connectivity index (χ0v) is 24.2. The van der Waals surface area contributed by atoms with Gasteiger partial charge in [0.15, 0.2) is 18.1 Å². The summed E-state index contributed by atoms with van der Waals surface area (Å²) < 4.78 is 17.1. The normalized spacial score (nSPS) is 14.1. The van der Waals surface area contributed by atoms with Gasteiger partial charge in [0.2, 0.25) is 0 Å². The van der Waals surface area contributed by atoms with Crippen molar-refractivity contribution in [2.45, 2.75) is 20.3 Å². The Morgan fingerprint density at radius 1 is 0.976 bits per heavy atom. The Labute approximate surface area is 245 Å². The number of rotatable bonds is 10. The second-order valence-electron chi connectivity index (χ2n) is 9.03. The molecule has 3 aromatic rings. The van der Waals surface area contributed by atoms with Crippen molar-refractivity contribution >= 4 is 57.1 Å². The summed E-state index contributed by atoms with van der Waals surface area (Å²) in [5.41, 5.74) is 2.19. The standard InChI is InChI=1S/C30H28BrN3O7/c1-4-13-40-25-12-10-21(16-26(25)39-3)34-29(37)22(28(36)33-30(34)38)14-19-7-11-24(23(31)15-19)41-17-27(35)32-20-8-5-18(2)6-9-20/h5-12,14-16H,4,13,17H2,1-3H3,(H,32,35)(H,33,36,38)/b22-14+. The number of barbiturate groups is 1. The molecule has 1 fully saturated rings. The number of urea groups is 1. The second kappa shape index (κ2) is 13.1. The third-order valence-corrected chi connectivity index (χ3v) is 6.55. The highest BCUT2D eigenvalue weighted by atomic mass is 79.9. The van der Waals surface area contributed by atoms with E-state index in [9.17, 15) is 19.2 Å². The first-order chi connectivity index (χ1) is 19.7. The molecule has 0 aliphatic carbocycles. The highest BCUT2D eigenvalue weighted by Crippen LogP contribution is 2.34. The van der Waals surface area contributed by atoms with Crippen LogP contribution in [0.4, 0.5) is 16.2 Å². The maximum atomic E-state index is 13.3. The molecule has 41 heavy (non-hydrogen) atoms. The zero-order chi connectivity index (χ0) is 29.5. The number of aryl methyl sites for hydroxylation is 1. The number of anilines is 2. The number of hydrogen-bond donors (Lipinski definition) is 2. The molecule has 1 aliphatic heterocycles. The van der Waals surface area contributed by atoms with Crippen molar-refractivity contribution in [3.8, 4) is 17.2 Å². The summed E-state index contributed by atoms with van der Waals surface area (Å²) in [5, 5.41) is 4.96. The van der Waals surface area contributed by atoms with Crippen molar-refractivity contribution in [3.63, 3.8) is 0 Å². The molecular formula is C30H28BrN3O7. The lowest BCUT2D eigenvalue weighted by molar-refractivity contribution is -0.122. The van der Waals surface area contributed by atoms with Crippen LogP contribution in [0.5, 0.6) is 17.2 Å². The molecular weight excluding hydrogens is 594 g/mol. The first-order valence-electron chi connectivity index (χ1n) is 12.7.